The molecule has 28 heavy (non-hydrogen) atoms. The number of aryl methyl sites for hydroxylation is 2. The number of methoxy groups -OCH3 is 1. The van der Waals surface area contributed by atoms with Crippen LogP contribution in [0.25, 0.3) is 0 Å². The first kappa shape index (κ1) is 20.9. The summed E-state index contributed by atoms with van der Waals surface area (Å²) in [6, 6.07) is 3.82. The molecule has 1 aromatic carbocycles. The lowest BCUT2D eigenvalue weighted by molar-refractivity contribution is 0.0522. The predicted molar refractivity (Wildman–Crippen MR) is 109 cm³/mol. The minimum Gasteiger partial charge on any atom is -0.482 e. The Morgan fingerprint density at radius 2 is 2.00 bits per heavy atom. The van der Waals surface area contributed by atoms with E-state index in [9.17, 15) is 0 Å². The van der Waals surface area contributed by atoms with E-state index in [4.69, 9.17) is 25.8 Å². The van der Waals surface area contributed by atoms with Gasteiger partial charge in [0.1, 0.15) is 5.75 Å². The molecule has 0 radical (unpaired) electrons. The summed E-state index contributed by atoms with van der Waals surface area (Å²) in [6.07, 6.45) is -0.104. The van der Waals surface area contributed by atoms with Crippen LogP contribution in [0.1, 0.15) is 36.9 Å². The van der Waals surface area contributed by atoms with Gasteiger partial charge in [0.15, 0.2) is 11.9 Å². The van der Waals surface area contributed by atoms with Crippen LogP contribution in [-0.4, -0.2) is 54.3 Å². The van der Waals surface area contributed by atoms with Crippen LogP contribution in [0.5, 0.6) is 5.75 Å². The molecule has 8 heteroatoms. The number of nitrogens with zero attached hydrogens (tertiary/aromatic N) is 4. The van der Waals surface area contributed by atoms with Crippen LogP contribution in [0.15, 0.2) is 12.1 Å². The highest BCUT2D eigenvalue weighted by atomic mass is 35.5. The molecule has 0 unspecified atom stereocenters. The largest absolute Gasteiger partial charge is 0.482 e. The molecule has 0 amide bonds. The molecule has 1 aliphatic rings. The summed E-state index contributed by atoms with van der Waals surface area (Å²) in [5.41, 5.74) is 2.00. The molecule has 154 valence electrons. The smallest absolute Gasteiger partial charge is 0.227 e. The van der Waals surface area contributed by atoms with Gasteiger partial charge in [-0.1, -0.05) is 11.6 Å². The van der Waals surface area contributed by atoms with Crippen molar-refractivity contribution >= 4 is 17.5 Å². The van der Waals surface area contributed by atoms with Gasteiger partial charge in [-0.25, -0.2) is 0 Å². The van der Waals surface area contributed by atoms with Gasteiger partial charge in [-0.05, 0) is 51.0 Å². The minimum absolute atomic E-state index is 0.165. The zero-order valence-corrected chi connectivity index (χ0v) is 18.0. The third-order valence-corrected chi connectivity index (χ3v) is 5.10. The third-order valence-electron chi connectivity index (χ3n) is 4.89. The number of halogens is 1. The number of hydrogen-bond donors (Lipinski definition) is 0. The van der Waals surface area contributed by atoms with Gasteiger partial charge in [0.05, 0.1) is 25.9 Å². The van der Waals surface area contributed by atoms with Crippen molar-refractivity contribution in [2.45, 2.75) is 46.4 Å². The van der Waals surface area contributed by atoms with Crippen LogP contribution >= 0.6 is 11.6 Å². The molecule has 1 fully saturated rings. The SMILES string of the molecule is COCCn1c([C@@H](C)Oc2c(C)cc(Cl)cc2C)nnc1N1CCO[C@H](C)C1. The van der Waals surface area contributed by atoms with Crippen molar-refractivity contribution < 1.29 is 14.2 Å². The number of morpholine rings is 1. The molecule has 0 N–H and O–H groups in total. The Morgan fingerprint density at radius 3 is 2.64 bits per heavy atom. The minimum atomic E-state index is -0.268. The van der Waals surface area contributed by atoms with Crippen molar-refractivity contribution in [2.75, 3.05) is 38.3 Å². The fourth-order valence-electron chi connectivity index (χ4n) is 3.55. The Labute approximate surface area is 171 Å². The number of rotatable bonds is 7. The molecule has 2 heterocycles. The average molecular weight is 409 g/mol. The summed E-state index contributed by atoms with van der Waals surface area (Å²) in [5, 5.41) is 9.65. The van der Waals surface area contributed by atoms with Gasteiger partial charge in [0.2, 0.25) is 5.95 Å². The van der Waals surface area contributed by atoms with Gasteiger partial charge in [-0.3, -0.25) is 4.57 Å². The highest BCUT2D eigenvalue weighted by molar-refractivity contribution is 6.30. The van der Waals surface area contributed by atoms with E-state index in [1.54, 1.807) is 7.11 Å². The maximum absolute atomic E-state index is 6.29. The molecule has 0 bridgehead atoms. The average Bonchev–Trinajstić information content (AvgIpc) is 3.06. The normalized spacial score (nSPS) is 18.4. The maximum Gasteiger partial charge on any atom is 0.227 e. The molecule has 1 aromatic heterocycles. The first-order chi connectivity index (χ1) is 13.4. The lowest BCUT2D eigenvalue weighted by Gasteiger charge is -2.32. The van der Waals surface area contributed by atoms with Gasteiger partial charge >= 0.3 is 0 Å². The van der Waals surface area contributed by atoms with Crippen LogP contribution in [0.2, 0.25) is 5.02 Å². The van der Waals surface area contributed by atoms with Gasteiger partial charge in [-0.2, -0.15) is 0 Å². The van der Waals surface area contributed by atoms with Crippen molar-refractivity contribution in [2.24, 2.45) is 0 Å². The Kier molecular flexibility index (Phi) is 6.80. The maximum atomic E-state index is 6.29. The zero-order valence-electron chi connectivity index (χ0n) is 17.2. The van der Waals surface area contributed by atoms with E-state index in [2.05, 4.69) is 26.6 Å². The van der Waals surface area contributed by atoms with Crippen LogP contribution in [0, 0.1) is 13.8 Å². The molecule has 0 saturated carbocycles. The molecule has 1 saturated heterocycles. The highest BCUT2D eigenvalue weighted by Gasteiger charge is 2.26. The molecule has 0 spiro atoms. The van der Waals surface area contributed by atoms with Gasteiger partial charge in [-0.15, -0.1) is 10.2 Å². The summed E-state index contributed by atoms with van der Waals surface area (Å²) < 4.78 is 19.4. The van der Waals surface area contributed by atoms with E-state index < -0.39 is 0 Å². The third kappa shape index (κ3) is 4.59. The van der Waals surface area contributed by atoms with E-state index >= 15 is 0 Å². The Bertz CT molecular complexity index is 788. The van der Waals surface area contributed by atoms with E-state index in [0.717, 1.165) is 41.7 Å². The van der Waals surface area contributed by atoms with E-state index in [1.807, 2.05) is 32.9 Å². The van der Waals surface area contributed by atoms with Crippen molar-refractivity contribution in [3.8, 4) is 5.75 Å². The molecule has 0 aliphatic carbocycles. The highest BCUT2D eigenvalue weighted by Crippen LogP contribution is 2.31. The Hall–Kier alpha value is -1.83. The summed E-state index contributed by atoms with van der Waals surface area (Å²) in [6.45, 7) is 11.6. The molecule has 2 atom stereocenters. The Morgan fingerprint density at radius 1 is 1.29 bits per heavy atom. The van der Waals surface area contributed by atoms with Crippen LogP contribution in [0.4, 0.5) is 5.95 Å². The van der Waals surface area contributed by atoms with Crippen molar-refractivity contribution in [1.29, 1.82) is 0 Å². The van der Waals surface area contributed by atoms with Crippen LogP contribution in [-0.2, 0) is 16.0 Å². The van der Waals surface area contributed by atoms with Gasteiger partial charge in [0.25, 0.3) is 0 Å². The van der Waals surface area contributed by atoms with Crippen molar-refractivity contribution in [3.63, 3.8) is 0 Å². The van der Waals surface area contributed by atoms with Gasteiger partial charge in [0, 0.05) is 25.2 Å². The lowest BCUT2D eigenvalue weighted by Crippen LogP contribution is -2.42. The fraction of sp³-hybridized carbons (Fsp3) is 0.600. The molecule has 3 rings (SSSR count). The predicted octanol–water partition coefficient (Wildman–Crippen LogP) is 3.56. The second-order valence-electron chi connectivity index (χ2n) is 7.26. The number of benzene rings is 1. The number of ether oxygens (including phenoxy) is 3. The standard InChI is InChI=1S/C20H29ClN4O3/c1-13-10-17(21)11-14(2)18(13)28-16(4)19-22-23-20(25(19)7-8-26-5)24-6-9-27-15(3)12-24/h10-11,15-16H,6-9,12H2,1-5H3/t15-,16-/m1/s1. The Balaban J connectivity index is 1.88. The summed E-state index contributed by atoms with van der Waals surface area (Å²) in [4.78, 5) is 2.21. The number of anilines is 1. The number of aromatic nitrogens is 3. The van der Waals surface area contributed by atoms with E-state index in [1.165, 1.54) is 0 Å². The monoisotopic (exact) mass is 408 g/mol. The first-order valence-corrected chi connectivity index (χ1v) is 10.0. The molecule has 1 aliphatic heterocycles. The summed E-state index contributed by atoms with van der Waals surface area (Å²) in [5.74, 6) is 2.45. The van der Waals surface area contributed by atoms with Gasteiger partial charge < -0.3 is 19.1 Å². The molecular weight excluding hydrogens is 380 g/mol. The molecule has 7 nitrogen and oxygen atoms in total. The second-order valence-corrected chi connectivity index (χ2v) is 7.70. The quantitative estimate of drug-likeness (QED) is 0.698. The zero-order chi connectivity index (χ0) is 20.3. The van der Waals surface area contributed by atoms with Crippen molar-refractivity contribution in [3.05, 3.63) is 34.1 Å². The van der Waals surface area contributed by atoms with E-state index in [0.29, 0.717) is 24.8 Å². The van der Waals surface area contributed by atoms with E-state index in [-0.39, 0.29) is 12.2 Å². The molecular formula is C20H29ClN4O3. The lowest BCUT2D eigenvalue weighted by atomic mass is 10.1. The fourth-order valence-corrected chi connectivity index (χ4v) is 3.88. The second kappa shape index (κ2) is 9.11. The van der Waals surface area contributed by atoms with Crippen LogP contribution < -0.4 is 9.64 Å². The number of hydrogen-bond acceptors (Lipinski definition) is 6. The molecule has 2 aromatic rings. The summed E-state index contributed by atoms with van der Waals surface area (Å²) >= 11 is 6.15. The topological polar surface area (TPSA) is 61.6 Å². The van der Waals surface area contributed by atoms with Crippen molar-refractivity contribution in [1.82, 2.24) is 14.8 Å². The summed E-state index contributed by atoms with van der Waals surface area (Å²) in [7, 11) is 1.70. The first-order valence-electron chi connectivity index (χ1n) is 9.62. The van der Waals surface area contributed by atoms with Crippen LogP contribution in [0.3, 0.4) is 0 Å².